The molecular formula is C29H26. The Labute approximate surface area is 173 Å². The zero-order valence-electron chi connectivity index (χ0n) is 17.6. The SMILES string of the molecule is Cc1ccc(C2(c3ccc(C)cc3)c3ccc(C)cc3-c3cc(C)ccc32)cc1. The third-order valence-corrected chi connectivity index (χ3v) is 6.42. The van der Waals surface area contributed by atoms with Gasteiger partial charge in [-0.2, -0.15) is 0 Å². The van der Waals surface area contributed by atoms with Crippen LogP contribution in [-0.4, -0.2) is 0 Å². The van der Waals surface area contributed by atoms with Gasteiger partial charge in [0.05, 0.1) is 5.41 Å². The van der Waals surface area contributed by atoms with Crippen molar-refractivity contribution in [2.24, 2.45) is 0 Å². The van der Waals surface area contributed by atoms with Crippen LogP contribution in [0.5, 0.6) is 0 Å². The summed E-state index contributed by atoms with van der Waals surface area (Å²) in [5.74, 6) is 0. The van der Waals surface area contributed by atoms with E-state index in [1.807, 2.05) is 0 Å². The highest BCUT2D eigenvalue weighted by atomic mass is 14.5. The van der Waals surface area contributed by atoms with Crippen LogP contribution >= 0.6 is 0 Å². The lowest BCUT2D eigenvalue weighted by Crippen LogP contribution is -2.28. The summed E-state index contributed by atoms with van der Waals surface area (Å²) < 4.78 is 0. The topological polar surface area (TPSA) is 0 Å². The lowest BCUT2D eigenvalue weighted by Gasteiger charge is -2.34. The Morgan fingerprint density at radius 2 is 0.759 bits per heavy atom. The fourth-order valence-electron chi connectivity index (χ4n) is 4.96. The highest BCUT2D eigenvalue weighted by Gasteiger charge is 2.45. The molecule has 0 amide bonds. The van der Waals surface area contributed by atoms with Crippen LogP contribution in [0.25, 0.3) is 11.1 Å². The van der Waals surface area contributed by atoms with Gasteiger partial charge >= 0.3 is 0 Å². The molecule has 0 unspecified atom stereocenters. The van der Waals surface area contributed by atoms with Gasteiger partial charge in [0.1, 0.15) is 0 Å². The molecule has 1 aliphatic rings. The largest absolute Gasteiger partial charge is 0.0713 e. The molecule has 0 aromatic heterocycles. The van der Waals surface area contributed by atoms with Crippen molar-refractivity contribution in [2.45, 2.75) is 33.1 Å². The van der Waals surface area contributed by atoms with Crippen molar-refractivity contribution in [3.63, 3.8) is 0 Å². The molecule has 0 heterocycles. The molecule has 0 radical (unpaired) electrons. The van der Waals surface area contributed by atoms with Crippen molar-refractivity contribution in [3.8, 4) is 11.1 Å². The summed E-state index contributed by atoms with van der Waals surface area (Å²) in [6.07, 6.45) is 0. The van der Waals surface area contributed by atoms with E-state index in [1.165, 1.54) is 55.6 Å². The second-order valence-electron chi connectivity index (χ2n) is 8.58. The molecule has 1 aliphatic carbocycles. The number of hydrogen-bond acceptors (Lipinski definition) is 0. The van der Waals surface area contributed by atoms with Crippen molar-refractivity contribution in [1.82, 2.24) is 0 Å². The molecule has 0 heteroatoms. The first-order valence-electron chi connectivity index (χ1n) is 10.4. The monoisotopic (exact) mass is 374 g/mol. The molecule has 5 rings (SSSR count). The minimum absolute atomic E-state index is 0.284. The van der Waals surface area contributed by atoms with Gasteiger partial charge in [-0.25, -0.2) is 0 Å². The molecular weight excluding hydrogens is 348 g/mol. The highest BCUT2D eigenvalue weighted by molar-refractivity contribution is 5.86. The van der Waals surface area contributed by atoms with Gasteiger partial charge in [0.2, 0.25) is 0 Å². The minimum atomic E-state index is -0.284. The predicted molar refractivity (Wildman–Crippen MR) is 123 cm³/mol. The number of rotatable bonds is 2. The summed E-state index contributed by atoms with van der Waals surface area (Å²) in [6, 6.07) is 32.1. The normalized spacial score (nSPS) is 13.8. The molecule has 0 saturated carbocycles. The van der Waals surface area contributed by atoms with E-state index in [4.69, 9.17) is 0 Å². The molecule has 29 heavy (non-hydrogen) atoms. The van der Waals surface area contributed by atoms with Crippen LogP contribution in [0.15, 0.2) is 84.9 Å². The van der Waals surface area contributed by atoms with Gasteiger partial charge in [-0.1, -0.05) is 107 Å². The average molecular weight is 375 g/mol. The van der Waals surface area contributed by atoms with Gasteiger partial charge in [-0.3, -0.25) is 0 Å². The van der Waals surface area contributed by atoms with E-state index >= 15 is 0 Å². The quantitative estimate of drug-likeness (QED) is 0.304. The Balaban J connectivity index is 1.95. The number of hydrogen-bond donors (Lipinski definition) is 0. The third kappa shape index (κ3) is 2.59. The molecule has 0 atom stereocenters. The van der Waals surface area contributed by atoms with Crippen molar-refractivity contribution >= 4 is 0 Å². The maximum atomic E-state index is 2.36. The molecule has 0 N–H and O–H groups in total. The first-order chi connectivity index (χ1) is 14.0. The van der Waals surface area contributed by atoms with Crippen LogP contribution in [0.1, 0.15) is 44.5 Å². The van der Waals surface area contributed by atoms with Gasteiger partial charge < -0.3 is 0 Å². The van der Waals surface area contributed by atoms with Crippen molar-refractivity contribution in [2.75, 3.05) is 0 Å². The molecule has 0 nitrogen and oxygen atoms in total. The van der Waals surface area contributed by atoms with E-state index in [0.29, 0.717) is 0 Å². The lowest BCUT2D eigenvalue weighted by molar-refractivity contribution is 0.767. The molecule has 0 aliphatic heterocycles. The number of fused-ring (bicyclic) bond motifs is 3. The fourth-order valence-corrected chi connectivity index (χ4v) is 4.96. The molecule has 0 fully saturated rings. The minimum Gasteiger partial charge on any atom is -0.0590 e. The van der Waals surface area contributed by atoms with E-state index in [1.54, 1.807) is 0 Å². The molecule has 0 saturated heterocycles. The Hall–Kier alpha value is -3.12. The standard InChI is InChI=1S/C29H26/c1-19-5-11-23(12-6-19)29(24-13-7-20(2)8-14-24)27-15-9-21(3)17-25(27)26-18-22(4)10-16-28(26)29/h5-18H,1-4H3. The first-order valence-corrected chi connectivity index (χ1v) is 10.4. The summed E-state index contributed by atoms with van der Waals surface area (Å²) in [6.45, 7) is 8.69. The molecule has 4 aromatic rings. The summed E-state index contributed by atoms with van der Waals surface area (Å²) in [7, 11) is 0. The Morgan fingerprint density at radius 3 is 1.14 bits per heavy atom. The number of benzene rings is 4. The van der Waals surface area contributed by atoms with E-state index in [9.17, 15) is 0 Å². The molecule has 0 spiro atoms. The van der Waals surface area contributed by atoms with Crippen LogP contribution in [0.3, 0.4) is 0 Å². The zero-order valence-corrected chi connectivity index (χ0v) is 17.6. The predicted octanol–water partition coefficient (Wildman–Crippen LogP) is 7.28. The number of aryl methyl sites for hydroxylation is 4. The smallest absolute Gasteiger partial charge is 0.0590 e. The molecule has 142 valence electrons. The van der Waals surface area contributed by atoms with Gasteiger partial charge in [-0.15, -0.1) is 0 Å². The Morgan fingerprint density at radius 1 is 0.414 bits per heavy atom. The summed E-state index contributed by atoms with van der Waals surface area (Å²) >= 11 is 0. The fraction of sp³-hybridized carbons (Fsp3) is 0.172. The highest BCUT2D eigenvalue weighted by Crippen LogP contribution is 2.56. The van der Waals surface area contributed by atoms with Crippen molar-refractivity contribution in [3.05, 3.63) is 129 Å². The Kier molecular flexibility index (Phi) is 3.99. The van der Waals surface area contributed by atoms with Crippen LogP contribution in [0, 0.1) is 27.7 Å². The summed E-state index contributed by atoms with van der Waals surface area (Å²) in [5.41, 5.74) is 13.1. The second kappa shape index (κ2) is 6.46. The van der Waals surface area contributed by atoms with Crippen LogP contribution in [0.4, 0.5) is 0 Å². The van der Waals surface area contributed by atoms with E-state index in [0.717, 1.165) is 0 Å². The van der Waals surface area contributed by atoms with Crippen LogP contribution in [0.2, 0.25) is 0 Å². The first kappa shape index (κ1) is 17.9. The summed E-state index contributed by atoms with van der Waals surface area (Å²) in [5, 5.41) is 0. The Bertz CT molecular complexity index is 1110. The van der Waals surface area contributed by atoms with Crippen molar-refractivity contribution in [1.29, 1.82) is 0 Å². The van der Waals surface area contributed by atoms with Gasteiger partial charge in [0, 0.05) is 0 Å². The van der Waals surface area contributed by atoms with Gasteiger partial charge in [0.15, 0.2) is 0 Å². The maximum Gasteiger partial charge on any atom is 0.0713 e. The van der Waals surface area contributed by atoms with Crippen molar-refractivity contribution < 1.29 is 0 Å². The second-order valence-corrected chi connectivity index (χ2v) is 8.58. The molecule has 0 bridgehead atoms. The average Bonchev–Trinajstić information content (AvgIpc) is 2.99. The maximum absolute atomic E-state index is 2.36. The lowest BCUT2D eigenvalue weighted by atomic mass is 9.67. The third-order valence-electron chi connectivity index (χ3n) is 6.42. The van der Waals surface area contributed by atoms with E-state index in [2.05, 4.69) is 113 Å². The van der Waals surface area contributed by atoms with Crippen LogP contribution < -0.4 is 0 Å². The van der Waals surface area contributed by atoms with Gasteiger partial charge in [0.25, 0.3) is 0 Å². The molecule has 4 aromatic carbocycles. The van der Waals surface area contributed by atoms with Crippen LogP contribution in [-0.2, 0) is 5.41 Å². The van der Waals surface area contributed by atoms with E-state index in [-0.39, 0.29) is 5.41 Å². The zero-order chi connectivity index (χ0) is 20.2. The van der Waals surface area contributed by atoms with Gasteiger partial charge in [-0.05, 0) is 61.1 Å². The van der Waals surface area contributed by atoms with E-state index < -0.39 is 0 Å². The summed E-state index contributed by atoms with van der Waals surface area (Å²) in [4.78, 5) is 0.